The highest BCUT2D eigenvalue weighted by atomic mass is 32.2. The number of nitrogens with one attached hydrogen (secondary N) is 1. The number of thiazole rings is 1. The molecule has 0 atom stereocenters. The summed E-state index contributed by atoms with van der Waals surface area (Å²) in [6.45, 7) is 1.21. The molecule has 0 bridgehead atoms. The van der Waals surface area contributed by atoms with Crippen molar-refractivity contribution in [1.82, 2.24) is 9.29 Å². The molecule has 2 heterocycles. The van der Waals surface area contributed by atoms with E-state index in [0.29, 0.717) is 23.1 Å². The highest BCUT2D eigenvalue weighted by Crippen LogP contribution is 2.27. The lowest BCUT2D eigenvalue weighted by atomic mass is 10.2. The summed E-state index contributed by atoms with van der Waals surface area (Å²) in [4.78, 5) is 4.86. The quantitative estimate of drug-likeness (QED) is 0.467. The van der Waals surface area contributed by atoms with E-state index in [2.05, 4.69) is 15.5 Å². The Morgan fingerprint density at radius 1 is 1.00 bits per heavy atom. The fourth-order valence-corrected chi connectivity index (χ4v) is 5.40. The molecule has 0 radical (unpaired) electrons. The minimum Gasteiger partial charge on any atom is -0.253 e. The van der Waals surface area contributed by atoms with E-state index >= 15 is 0 Å². The van der Waals surface area contributed by atoms with E-state index in [1.807, 2.05) is 47.8 Å². The van der Waals surface area contributed by atoms with Gasteiger partial charge in [0.2, 0.25) is 15.2 Å². The zero-order valence-electron chi connectivity index (χ0n) is 15.9. The van der Waals surface area contributed by atoms with Crippen LogP contribution in [-0.2, 0) is 10.0 Å². The van der Waals surface area contributed by atoms with Gasteiger partial charge in [-0.05, 0) is 30.5 Å². The molecule has 1 aliphatic heterocycles. The smallest absolute Gasteiger partial charge is 0.243 e. The monoisotopic (exact) mass is 426 g/mol. The van der Waals surface area contributed by atoms with Gasteiger partial charge in [0.1, 0.15) is 0 Å². The Hall–Kier alpha value is -2.55. The number of rotatable bonds is 6. The minimum absolute atomic E-state index is 0.337. The van der Waals surface area contributed by atoms with Crippen LogP contribution in [0.4, 0.5) is 5.13 Å². The number of hydrogen-bond acceptors (Lipinski definition) is 6. The van der Waals surface area contributed by atoms with Crippen molar-refractivity contribution in [3.63, 3.8) is 0 Å². The second-order valence-electron chi connectivity index (χ2n) is 6.81. The molecular formula is C21H22N4O2S2. The topological polar surface area (TPSA) is 74.7 Å². The van der Waals surface area contributed by atoms with Crippen molar-refractivity contribution < 1.29 is 8.42 Å². The number of sulfonamides is 1. The molecule has 1 saturated heterocycles. The van der Waals surface area contributed by atoms with E-state index in [1.165, 1.54) is 11.3 Å². The van der Waals surface area contributed by atoms with Crippen LogP contribution in [-0.4, -0.2) is 37.0 Å². The van der Waals surface area contributed by atoms with Crippen molar-refractivity contribution >= 4 is 32.7 Å². The average Bonchev–Trinajstić information content (AvgIpc) is 3.24. The highest BCUT2D eigenvalue weighted by Gasteiger charge is 2.25. The van der Waals surface area contributed by atoms with Crippen LogP contribution in [0.1, 0.15) is 24.8 Å². The number of nitrogens with zero attached hydrogens (tertiary/aromatic N) is 3. The van der Waals surface area contributed by atoms with Crippen molar-refractivity contribution in [3.8, 4) is 11.3 Å². The molecule has 4 rings (SSSR count). The fraction of sp³-hybridized carbons (Fsp3) is 0.238. The average molecular weight is 427 g/mol. The van der Waals surface area contributed by atoms with Crippen LogP contribution in [0.5, 0.6) is 0 Å². The van der Waals surface area contributed by atoms with Crippen LogP contribution in [0.25, 0.3) is 11.3 Å². The van der Waals surface area contributed by atoms with Gasteiger partial charge in [0.05, 0.1) is 16.8 Å². The lowest BCUT2D eigenvalue weighted by Gasteiger charge is -2.25. The molecule has 1 aromatic heterocycles. The maximum absolute atomic E-state index is 12.8. The van der Waals surface area contributed by atoms with Gasteiger partial charge in [-0.25, -0.2) is 13.4 Å². The van der Waals surface area contributed by atoms with Gasteiger partial charge < -0.3 is 0 Å². The molecule has 3 aromatic rings. The second kappa shape index (κ2) is 8.86. The number of piperidine rings is 1. The third-order valence-electron chi connectivity index (χ3n) is 4.78. The molecule has 6 nitrogen and oxygen atoms in total. The van der Waals surface area contributed by atoms with Gasteiger partial charge in [0, 0.05) is 24.0 Å². The molecule has 1 N–H and O–H groups in total. The fourth-order valence-electron chi connectivity index (χ4n) is 3.21. The third-order valence-corrected chi connectivity index (χ3v) is 7.44. The SMILES string of the molecule is O=S(=O)(c1ccc(-c2csc(NN=Cc3ccccc3)n2)cc1)N1CCCCC1. The van der Waals surface area contributed by atoms with Gasteiger partial charge >= 0.3 is 0 Å². The first-order chi connectivity index (χ1) is 14.1. The van der Waals surface area contributed by atoms with E-state index in [0.717, 1.165) is 36.1 Å². The zero-order chi connectivity index (χ0) is 20.1. The standard InChI is InChI=1S/C21H22N4O2S2/c26-29(27,25-13-5-2-6-14-25)19-11-9-18(10-12-19)20-16-28-21(23-20)24-22-15-17-7-3-1-4-8-17/h1,3-4,7-12,15-16H,2,5-6,13-14H2,(H,23,24). The van der Waals surface area contributed by atoms with Crippen LogP contribution < -0.4 is 5.43 Å². The maximum Gasteiger partial charge on any atom is 0.243 e. The maximum atomic E-state index is 12.8. The summed E-state index contributed by atoms with van der Waals surface area (Å²) in [5.41, 5.74) is 5.60. The zero-order valence-corrected chi connectivity index (χ0v) is 17.5. The number of anilines is 1. The first-order valence-electron chi connectivity index (χ1n) is 9.53. The van der Waals surface area contributed by atoms with Gasteiger partial charge in [-0.15, -0.1) is 11.3 Å². The first-order valence-corrected chi connectivity index (χ1v) is 11.9. The van der Waals surface area contributed by atoms with Crippen molar-refractivity contribution in [3.05, 3.63) is 65.5 Å². The van der Waals surface area contributed by atoms with E-state index < -0.39 is 10.0 Å². The van der Waals surface area contributed by atoms with Crippen molar-refractivity contribution in [1.29, 1.82) is 0 Å². The third kappa shape index (κ3) is 4.72. The van der Waals surface area contributed by atoms with Crippen LogP contribution in [0.2, 0.25) is 0 Å². The summed E-state index contributed by atoms with van der Waals surface area (Å²) < 4.78 is 27.1. The van der Waals surface area contributed by atoms with E-state index in [-0.39, 0.29) is 0 Å². The van der Waals surface area contributed by atoms with E-state index in [1.54, 1.807) is 22.7 Å². The van der Waals surface area contributed by atoms with Gasteiger partial charge in [0.25, 0.3) is 0 Å². The molecule has 29 heavy (non-hydrogen) atoms. The lowest BCUT2D eigenvalue weighted by Crippen LogP contribution is -2.35. The summed E-state index contributed by atoms with van der Waals surface area (Å²) in [7, 11) is -3.41. The summed E-state index contributed by atoms with van der Waals surface area (Å²) in [6, 6.07) is 16.8. The number of benzene rings is 2. The second-order valence-corrected chi connectivity index (χ2v) is 9.60. The van der Waals surface area contributed by atoms with Gasteiger partial charge in [0.15, 0.2) is 0 Å². The van der Waals surface area contributed by atoms with E-state index in [4.69, 9.17) is 0 Å². The normalized spacial score (nSPS) is 15.6. The van der Waals surface area contributed by atoms with Gasteiger partial charge in [-0.2, -0.15) is 9.41 Å². The first kappa shape index (κ1) is 19.8. The Labute approximate surface area is 175 Å². The highest BCUT2D eigenvalue weighted by molar-refractivity contribution is 7.89. The lowest BCUT2D eigenvalue weighted by molar-refractivity contribution is 0.346. The van der Waals surface area contributed by atoms with E-state index in [9.17, 15) is 8.42 Å². The summed E-state index contributed by atoms with van der Waals surface area (Å²) in [5, 5.41) is 6.81. The molecule has 0 spiro atoms. The van der Waals surface area contributed by atoms with Crippen molar-refractivity contribution in [2.45, 2.75) is 24.2 Å². The minimum atomic E-state index is -3.41. The van der Waals surface area contributed by atoms with Crippen molar-refractivity contribution in [2.24, 2.45) is 5.10 Å². The molecule has 8 heteroatoms. The Bertz CT molecular complexity index is 1070. The largest absolute Gasteiger partial charge is 0.253 e. The Morgan fingerprint density at radius 2 is 1.72 bits per heavy atom. The number of hydrogen-bond donors (Lipinski definition) is 1. The van der Waals surface area contributed by atoms with Crippen molar-refractivity contribution in [2.75, 3.05) is 18.5 Å². The van der Waals surface area contributed by atoms with Crippen LogP contribution in [0.3, 0.4) is 0 Å². The molecular weight excluding hydrogens is 404 g/mol. The molecule has 0 aliphatic carbocycles. The summed E-state index contributed by atoms with van der Waals surface area (Å²) in [5.74, 6) is 0. The summed E-state index contributed by atoms with van der Waals surface area (Å²) in [6.07, 6.45) is 4.69. The number of aromatic nitrogens is 1. The molecule has 1 aliphatic rings. The molecule has 2 aromatic carbocycles. The predicted octanol–water partition coefficient (Wildman–Crippen LogP) is 4.43. The molecule has 0 saturated carbocycles. The van der Waals surface area contributed by atoms with Crippen LogP contribution >= 0.6 is 11.3 Å². The molecule has 0 amide bonds. The van der Waals surface area contributed by atoms with Gasteiger partial charge in [-0.1, -0.05) is 48.9 Å². The van der Waals surface area contributed by atoms with Gasteiger partial charge in [-0.3, -0.25) is 5.43 Å². The predicted molar refractivity (Wildman–Crippen MR) is 118 cm³/mol. The van der Waals surface area contributed by atoms with Crippen LogP contribution in [0.15, 0.2) is 70.0 Å². The van der Waals surface area contributed by atoms with Crippen LogP contribution in [0, 0.1) is 0 Å². The summed E-state index contributed by atoms with van der Waals surface area (Å²) >= 11 is 1.45. The molecule has 0 unspecified atom stereocenters. The Kier molecular flexibility index (Phi) is 6.03. The molecule has 150 valence electrons. The molecule has 1 fully saturated rings. The number of hydrazone groups is 1. The Morgan fingerprint density at radius 3 is 2.45 bits per heavy atom. The Balaban J connectivity index is 1.44.